The molecule has 0 fully saturated rings. The van der Waals surface area contributed by atoms with E-state index in [-0.39, 0.29) is 5.56 Å². The molecule has 1 heterocycles. The highest BCUT2D eigenvalue weighted by molar-refractivity contribution is 9.10. The normalized spacial score (nSPS) is 10.3. The van der Waals surface area contributed by atoms with E-state index in [0.717, 1.165) is 10.2 Å². The lowest BCUT2D eigenvalue weighted by molar-refractivity contribution is 0.0695. The smallest absolute Gasteiger partial charge is 0.336 e. The van der Waals surface area contributed by atoms with Crippen LogP contribution >= 0.6 is 15.9 Å². The highest BCUT2D eigenvalue weighted by Gasteiger charge is 2.12. The summed E-state index contributed by atoms with van der Waals surface area (Å²) in [5, 5.41) is 9.06. The van der Waals surface area contributed by atoms with Gasteiger partial charge in [-0.25, -0.2) is 9.78 Å². The molecule has 0 atom stereocenters. The summed E-state index contributed by atoms with van der Waals surface area (Å²) in [5.41, 5.74) is 1.62. The van der Waals surface area contributed by atoms with E-state index >= 15 is 0 Å². The van der Waals surface area contributed by atoms with Crippen LogP contribution in [0.4, 0.5) is 0 Å². The van der Waals surface area contributed by atoms with E-state index < -0.39 is 5.97 Å². The molecule has 1 aromatic heterocycles. The van der Waals surface area contributed by atoms with Gasteiger partial charge in [-0.15, -0.1) is 0 Å². The van der Waals surface area contributed by atoms with Gasteiger partial charge in [0, 0.05) is 16.1 Å². The van der Waals surface area contributed by atoms with Crippen molar-refractivity contribution >= 4 is 21.9 Å². The molecule has 0 radical (unpaired) electrons. The van der Waals surface area contributed by atoms with Crippen LogP contribution in [0.25, 0.3) is 0 Å². The fourth-order valence-electron chi connectivity index (χ4n) is 1.65. The van der Waals surface area contributed by atoms with E-state index in [9.17, 15) is 4.79 Å². The molecule has 0 saturated carbocycles. The first-order valence-corrected chi connectivity index (χ1v) is 6.42. The molecule has 0 amide bonds. The van der Waals surface area contributed by atoms with Gasteiger partial charge in [-0.05, 0) is 48.0 Å². The van der Waals surface area contributed by atoms with E-state index in [4.69, 9.17) is 9.84 Å². The number of carboxylic acid groups (broad SMARTS) is 1. The molecule has 0 aliphatic rings. The Kier molecular flexibility index (Phi) is 3.85. The maximum Gasteiger partial charge on any atom is 0.336 e. The highest BCUT2D eigenvalue weighted by Crippen LogP contribution is 2.27. The maximum absolute atomic E-state index is 11.0. The van der Waals surface area contributed by atoms with Crippen LogP contribution in [0.2, 0.25) is 0 Å². The first kappa shape index (κ1) is 13.5. The fraction of sp³-hybridized carbons (Fsp3) is 0.143. The number of pyridine rings is 1. The summed E-state index contributed by atoms with van der Waals surface area (Å²) in [6.07, 6.45) is 0. The summed E-state index contributed by atoms with van der Waals surface area (Å²) in [6.45, 7) is 3.57. The van der Waals surface area contributed by atoms with Gasteiger partial charge in [-0.3, -0.25) is 0 Å². The molecule has 98 valence electrons. The fourth-order valence-corrected chi connectivity index (χ4v) is 1.87. The Labute approximate surface area is 119 Å². The molecule has 2 aromatic rings. The number of ether oxygens (including phenoxy) is 1. The number of aryl methyl sites for hydroxylation is 1. The summed E-state index contributed by atoms with van der Waals surface area (Å²) in [5.74, 6) is -0.0386. The molecule has 1 N–H and O–H groups in total. The zero-order chi connectivity index (χ0) is 14.0. The second kappa shape index (κ2) is 5.40. The Morgan fingerprint density at radius 3 is 2.63 bits per heavy atom. The zero-order valence-electron chi connectivity index (χ0n) is 10.5. The number of hydrogen-bond acceptors (Lipinski definition) is 3. The first-order valence-electron chi connectivity index (χ1n) is 5.63. The number of halogens is 1. The molecule has 0 aliphatic heterocycles. The lowest BCUT2D eigenvalue weighted by atomic mass is 10.1. The number of rotatable bonds is 3. The van der Waals surface area contributed by atoms with E-state index in [1.807, 2.05) is 13.0 Å². The van der Waals surface area contributed by atoms with Gasteiger partial charge in [0.25, 0.3) is 0 Å². The number of carbonyl (C=O) groups is 1. The molecule has 19 heavy (non-hydrogen) atoms. The molecule has 4 nitrogen and oxygen atoms in total. The Balaban J connectivity index is 2.35. The Bertz CT molecular complexity index is 641. The average Bonchev–Trinajstić information content (AvgIpc) is 2.36. The van der Waals surface area contributed by atoms with Crippen molar-refractivity contribution < 1.29 is 14.6 Å². The monoisotopic (exact) mass is 321 g/mol. The van der Waals surface area contributed by atoms with Crippen LogP contribution in [0, 0.1) is 13.8 Å². The molecular weight excluding hydrogens is 310 g/mol. The SMILES string of the molecule is Cc1nc(Oc2cccc(C(=O)O)c2C)ccc1Br. The van der Waals surface area contributed by atoms with Crippen LogP contribution in [0.3, 0.4) is 0 Å². The summed E-state index contributed by atoms with van der Waals surface area (Å²) in [4.78, 5) is 15.3. The molecule has 0 bridgehead atoms. The predicted octanol–water partition coefficient (Wildman–Crippen LogP) is 3.95. The molecule has 0 unspecified atom stereocenters. The topological polar surface area (TPSA) is 59.4 Å². The van der Waals surface area contributed by atoms with Crippen molar-refractivity contribution in [2.45, 2.75) is 13.8 Å². The van der Waals surface area contributed by atoms with E-state index in [1.54, 1.807) is 31.2 Å². The van der Waals surface area contributed by atoms with Gasteiger partial charge in [0.1, 0.15) is 5.75 Å². The number of nitrogens with zero attached hydrogens (tertiary/aromatic N) is 1. The van der Waals surface area contributed by atoms with Crippen molar-refractivity contribution in [2.75, 3.05) is 0 Å². The van der Waals surface area contributed by atoms with Crippen molar-refractivity contribution in [3.8, 4) is 11.6 Å². The zero-order valence-corrected chi connectivity index (χ0v) is 12.1. The van der Waals surface area contributed by atoms with Crippen LogP contribution in [-0.4, -0.2) is 16.1 Å². The van der Waals surface area contributed by atoms with Gasteiger partial charge in [-0.2, -0.15) is 0 Å². The molecule has 0 aliphatic carbocycles. The number of carboxylic acids is 1. The van der Waals surface area contributed by atoms with Gasteiger partial charge in [-0.1, -0.05) is 6.07 Å². The second-order valence-corrected chi connectivity index (χ2v) is 4.91. The van der Waals surface area contributed by atoms with Gasteiger partial charge >= 0.3 is 5.97 Å². The van der Waals surface area contributed by atoms with Crippen molar-refractivity contribution in [1.82, 2.24) is 4.98 Å². The van der Waals surface area contributed by atoms with Crippen molar-refractivity contribution in [3.63, 3.8) is 0 Å². The van der Waals surface area contributed by atoms with Crippen LogP contribution in [0.15, 0.2) is 34.8 Å². The second-order valence-electron chi connectivity index (χ2n) is 4.05. The van der Waals surface area contributed by atoms with Crippen LogP contribution < -0.4 is 4.74 Å². The van der Waals surface area contributed by atoms with Gasteiger partial charge < -0.3 is 9.84 Å². The van der Waals surface area contributed by atoms with Crippen molar-refractivity contribution in [2.24, 2.45) is 0 Å². The maximum atomic E-state index is 11.0. The molecular formula is C14H12BrNO3. The minimum absolute atomic E-state index is 0.228. The predicted molar refractivity (Wildman–Crippen MR) is 74.9 cm³/mol. The Morgan fingerprint density at radius 1 is 1.26 bits per heavy atom. The van der Waals surface area contributed by atoms with Crippen molar-refractivity contribution in [1.29, 1.82) is 0 Å². The third kappa shape index (κ3) is 2.93. The van der Waals surface area contributed by atoms with Crippen LogP contribution in [0.1, 0.15) is 21.6 Å². The number of aromatic carboxylic acids is 1. The van der Waals surface area contributed by atoms with Gasteiger partial charge in [0.2, 0.25) is 5.88 Å². The van der Waals surface area contributed by atoms with Gasteiger partial charge in [0.05, 0.1) is 11.3 Å². The van der Waals surface area contributed by atoms with E-state index in [2.05, 4.69) is 20.9 Å². The summed E-state index contributed by atoms with van der Waals surface area (Å²) >= 11 is 3.36. The third-order valence-corrected chi connectivity index (χ3v) is 3.56. The quantitative estimate of drug-likeness (QED) is 0.929. The molecule has 2 rings (SSSR count). The minimum Gasteiger partial charge on any atom is -0.478 e. The third-order valence-electron chi connectivity index (χ3n) is 2.72. The molecule has 5 heteroatoms. The van der Waals surface area contributed by atoms with Crippen LogP contribution in [-0.2, 0) is 0 Å². The summed E-state index contributed by atoms with van der Waals surface area (Å²) in [7, 11) is 0. The minimum atomic E-state index is -0.970. The summed E-state index contributed by atoms with van der Waals surface area (Å²) in [6, 6.07) is 8.49. The molecule has 1 aromatic carbocycles. The molecule has 0 spiro atoms. The number of aromatic nitrogens is 1. The standard InChI is InChI=1S/C14H12BrNO3/c1-8-10(14(17)18)4-3-5-12(8)19-13-7-6-11(15)9(2)16-13/h3-7H,1-2H3,(H,17,18). The van der Waals surface area contributed by atoms with Crippen molar-refractivity contribution in [3.05, 3.63) is 51.6 Å². The van der Waals surface area contributed by atoms with Crippen LogP contribution in [0.5, 0.6) is 11.6 Å². The average molecular weight is 322 g/mol. The first-order chi connectivity index (χ1) is 8.99. The lowest BCUT2D eigenvalue weighted by Gasteiger charge is -2.10. The van der Waals surface area contributed by atoms with E-state index in [0.29, 0.717) is 17.2 Å². The number of hydrogen-bond donors (Lipinski definition) is 1. The van der Waals surface area contributed by atoms with E-state index in [1.165, 1.54) is 0 Å². The summed E-state index contributed by atoms with van der Waals surface area (Å²) < 4.78 is 6.54. The largest absolute Gasteiger partial charge is 0.478 e. The lowest BCUT2D eigenvalue weighted by Crippen LogP contribution is -2.01. The Hall–Kier alpha value is -1.88. The molecule has 0 saturated heterocycles. The Morgan fingerprint density at radius 2 is 2.00 bits per heavy atom. The highest BCUT2D eigenvalue weighted by atomic mass is 79.9. The number of benzene rings is 1. The van der Waals surface area contributed by atoms with Gasteiger partial charge in [0.15, 0.2) is 0 Å².